The van der Waals surface area contributed by atoms with Crippen molar-refractivity contribution in [3.05, 3.63) is 11.6 Å². The molecule has 11 fully saturated rings. The Hall–Kier alpha value is -4.52. The maximum Gasteiger partial charge on any atom is 0.335 e. The van der Waals surface area contributed by atoms with Crippen molar-refractivity contribution < 1.29 is 211 Å². The van der Waals surface area contributed by atoms with Crippen LogP contribution in [0.2, 0.25) is 0 Å². The van der Waals surface area contributed by atoms with Gasteiger partial charge in [-0.1, -0.05) is 93.7 Å². The van der Waals surface area contributed by atoms with Gasteiger partial charge in [0.2, 0.25) is 6.29 Å². The van der Waals surface area contributed by atoms with Gasteiger partial charge in [-0.3, -0.25) is 19.2 Å². The van der Waals surface area contributed by atoms with Crippen molar-refractivity contribution in [2.24, 2.45) is 62.1 Å². The lowest BCUT2D eigenvalue weighted by Gasteiger charge is -2.71. The van der Waals surface area contributed by atoms with Gasteiger partial charge in [0.15, 0.2) is 62.2 Å². The molecule has 43 heteroatoms. The van der Waals surface area contributed by atoms with E-state index in [0.29, 0.717) is 51.4 Å². The summed E-state index contributed by atoms with van der Waals surface area (Å²) in [7, 11) is 0. The number of aliphatic carboxylic acids is 1. The molecule has 0 radical (unpaired) electrons. The molecular formula is C89H142O43. The van der Waals surface area contributed by atoms with Gasteiger partial charge in [0, 0.05) is 19.8 Å². The molecule has 7 heterocycles. The quantitative estimate of drug-likeness (QED) is 0.00993. The first-order chi connectivity index (χ1) is 61.9. The Balaban J connectivity index is 0.805. The minimum Gasteiger partial charge on any atom is -0.479 e. The first-order valence-electron chi connectivity index (χ1n) is 46.3. The van der Waals surface area contributed by atoms with Crippen LogP contribution in [0.4, 0.5) is 0 Å². The summed E-state index contributed by atoms with van der Waals surface area (Å²) in [5.41, 5.74) is -5.49. The number of allylic oxidation sites excluding steroid dienone is 2. The van der Waals surface area contributed by atoms with Crippen molar-refractivity contribution in [2.45, 2.75) is 420 Å². The molecule has 12 aliphatic rings. The molecule has 132 heavy (non-hydrogen) atoms. The SMILES string of the molecule is CCC(C)C(CC(O)CC(=O)OC1C(C)OC(OC(=O)C23CCC(C)(C)CC2C2=CCC4C5(C)CCC(OC6OC(C(=O)O)C(O)C(OC7OCC(O)C(O)C7O)C6OC6OC(CO)C(O)C(O)C6O)C(C)(C=O)C5CCC4(C)C2(C)CC3O)C(OC2OC(C)C(OC3OCC(O)C(O)C3O)C(O)C2O)C1OC(C)=O)OC(=O)CC(O)CC(OC1OC(CO)C(O)C1O)C(C)CC. The number of carbonyl (C=O) groups excluding carboxylic acids is 5. The predicted octanol–water partition coefficient (Wildman–Crippen LogP) is -3.58. The number of esters is 4. The van der Waals surface area contributed by atoms with E-state index in [2.05, 4.69) is 26.8 Å². The average Bonchev–Trinajstić information content (AvgIpc) is 0.678. The number of aliphatic hydroxyl groups excluding tert-OH is 19. The Labute approximate surface area is 764 Å². The largest absolute Gasteiger partial charge is 0.479 e. The summed E-state index contributed by atoms with van der Waals surface area (Å²) in [5, 5.41) is 221. The summed E-state index contributed by atoms with van der Waals surface area (Å²) in [6.45, 7) is 20.3. The lowest BCUT2D eigenvalue weighted by Crippen LogP contribution is -2.69. The van der Waals surface area contributed by atoms with Crippen molar-refractivity contribution in [1.82, 2.24) is 0 Å². The molecule has 0 aromatic carbocycles. The molecule has 7 aliphatic heterocycles. The number of aldehydes is 1. The van der Waals surface area contributed by atoms with E-state index < -0.39 is 353 Å². The lowest BCUT2D eigenvalue weighted by atomic mass is 9.33. The van der Waals surface area contributed by atoms with Crippen LogP contribution < -0.4 is 0 Å². The maximum absolute atomic E-state index is 16.4. The average molecular weight is 1900 g/mol. The topological polar surface area (TPSA) is 664 Å². The van der Waals surface area contributed by atoms with Crippen LogP contribution in [0, 0.1) is 62.1 Å². The van der Waals surface area contributed by atoms with Crippen molar-refractivity contribution in [2.75, 3.05) is 26.4 Å². The normalized spacial score (nSPS) is 47.5. The van der Waals surface area contributed by atoms with E-state index in [1.54, 1.807) is 20.8 Å². The highest BCUT2D eigenvalue weighted by molar-refractivity contribution is 5.80. The molecule has 0 bridgehead atoms. The standard InChI is InChI=1S/C89H142O43/c1-14-35(3)46(121-54(99)26-41(95)25-47(36(4)15-2)122-79-64(109)59(104)49(31-91)123-79)24-40(94)27-55(100)126-69-38(6)119-81(74(72(69)120-39(7)93)131-78-66(111)61(106)68(37(5)118-78)127-76-62(107)56(101)44(96)32-116-76)132-83(115)89-23-22-84(8,9)28-43(89)42-16-17-51-85(10)20-19-53(86(11,34-92)50(85)18-21-87(51,12)88(42,13)29-52(89)98)125-82-73(130-80-65(110)60(105)58(103)48(30-90)124-80)70(67(112)71(129-82)75(113)114)128-77-63(108)57(102)45(97)33-117-77/h16,34-38,40-41,43-53,56-74,76-82,90-91,94-98,101-112H,14-15,17-33H2,1-13H3,(H,113,114). The highest BCUT2D eigenvalue weighted by Gasteiger charge is 2.74. The fourth-order valence-electron chi connectivity index (χ4n) is 23.2. The fourth-order valence-corrected chi connectivity index (χ4v) is 23.2. The number of carbonyl (C=O) groups is 6. The van der Waals surface area contributed by atoms with E-state index in [0.717, 1.165) is 18.8 Å². The summed E-state index contributed by atoms with van der Waals surface area (Å²) >= 11 is 0. The molecule has 48 atom stereocenters. The number of aliphatic hydroxyl groups is 19. The molecule has 0 aromatic rings. The van der Waals surface area contributed by atoms with Crippen molar-refractivity contribution in [3.63, 3.8) is 0 Å². The van der Waals surface area contributed by atoms with E-state index in [1.165, 1.54) is 13.8 Å². The molecule has 20 N–H and O–H groups in total. The van der Waals surface area contributed by atoms with Crippen LogP contribution in [0.25, 0.3) is 0 Å². The molecule has 4 saturated carbocycles. The Morgan fingerprint density at radius 1 is 0.508 bits per heavy atom. The Bertz CT molecular complexity index is 3920. The van der Waals surface area contributed by atoms with Crippen LogP contribution in [-0.2, 0) is 109 Å². The summed E-state index contributed by atoms with van der Waals surface area (Å²) in [4.78, 5) is 86.0. The van der Waals surface area contributed by atoms with Gasteiger partial charge in [0.1, 0.15) is 134 Å². The molecule has 0 aromatic heterocycles. The highest BCUT2D eigenvalue weighted by Crippen LogP contribution is 2.76. The van der Waals surface area contributed by atoms with Crippen molar-refractivity contribution >= 4 is 36.1 Å². The van der Waals surface area contributed by atoms with Crippen LogP contribution in [0.15, 0.2) is 11.6 Å². The van der Waals surface area contributed by atoms with Crippen LogP contribution in [0.5, 0.6) is 0 Å². The second-order valence-electron chi connectivity index (χ2n) is 40.7. The van der Waals surface area contributed by atoms with Gasteiger partial charge in [-0.25, -0.2) is 4.79 Å². The third kappa shape index (κ3) is 20.8. The van der Waals surface area contributed by atoms with Gasteiger partial charge in [-0.15, -0.1) is 0 Å². The molecule has 0 spiro atoms. The third-order valence-electron chi connectivity index (χ3n) is 31.7. The van der Waals surface area contributed by atoms with Gasteiger partial charge >= 0.3 is 29.8 Å². The summed E-state index contributed by atoms with van der Waals surface area (Å²) < 4.78 is 103. The second kappa shape index (κ2) is 42.5. The fraction of sp³-hybridized carbons (Fsp3) is 0.910. The number of hydrogen-bond acceptors (Lipinski definition) is 42. The Morgan fingerprint density at radius 3 is 1.61 bits per heavy atom. The minimum atomic E-state index is -2.26. The number of hydrogen-bond donors (Lipinski definition) is 20. The maximum atomic E-state index is 16.4. The summed E-state index contributed by atoms with van der Waals surface area (Å²) in [5.74, 6) is -8.23. The van der Waals surface area contributed by atoms with E-state index >= 15 is 4.79 Å². The summed E-state index contributed by atoms with van der Waals surface area (Å²) in [6, 6.07) is 0. The molecule has 5 aliphatic carbocycles. The Kier molecular flexibility index (Phi) is 34.2. The molecule has 756 valence electrons. The molecule has 7 saturated heterocycles. The van der Waals surface area contributed by atoms with Crippen LogP contribution in [-0.4, -0.2) is 398 Å². The first-order valence-corrected chi connectivity index (χ1v) is 46.3. The zero-order valence-corrected chi connectivity index (χ0v) is 76.7. The Morgan fingerprint density at radius 2 is 1.02 bits per heavy atom. The van der Waals surface area contributed by atoms with E-state index in [9.17, 15) is 126 Å². The third-order valence-corrected chi connectivity index (χ3v) is 31.7. The number of fused-ring (bicyclic) bond motifs is 7. The number of rotatable bonds is 33. The number of carboxylic acid groups (broad SMARTS) is 1. The van der Waals surface area contributed by atoms with Crippen molar-refractivity contribution in [3.8, 4) is 0 Å². The van der Waals surface area contributed by atoms with Gasteiger partial charge in [0.05, 0.1) is 87.4 Å². The molecule has 12 rings (SSSR count). The van der Waals surface area contributed by atoms with Gasteiger partial charge in [-0.05, 0) is 123 Å². The smallest absolute Gasteiger partial charge is 0.335 e. The van der Waals surface area contributed by atoms with Gasteiger partial charge < -0.3 is 187 Å². The zero-order valence-electron chi connectivity index (χ0n) is 76.7. The number of carboxylic acids is 1. The minimum absolute atomic E-state index is 0.0182. The van der Waals surface area contributed by atoms with Crippen molar-refractivity contribution in [1.29, 1.82) is 0 Å². The van der Waals surface area contributed by atoms with E-state index in [-0.39, 0.29) is 43.9 Å². The molecule has 48 unspecified atom stereocenters. The lowest BCUT2D eigenvalue weighted by molar-refractivity contribution is -0.391. The summed E-state index contributed by atoms with van der Waals surface area (Å²) in [6.07, 6.45) is -61.9. The first kappa shape index (κ1) is 106. The van der Waals surface area contributed by atoms with E-state index in [4.69, 9.17) is 80.5 Å². The van der Waals surface area contributed by atoms with Gasteiger partial charge in [0.25, 0.3) is 0 Å². The number of ether oxygens (including phenoxy) is 17. The van der Waals surface area contributed by atoms with Crippen LogP contribution >= 0.6 is 0 Å². The second-order valence-corrected chi connectivity index (χ2v) is 40.7. The monoisotopic (exact) mass is 1900 g/mol. The van der Waals surface area contributed by atoms with Crippen LogP contribution in [0.1, 0.15) is 186 Å². The molecule has 43 nitrogen and oxygen atoms in total. The van der Waals surface area contributed by atoms with Crippen LogP contribution in [0.3, 0.4) is 0 Å². The molecule has 0 amide bonds. The predicted molar refractivity (Wildman–Crippen MR) is 441 cm³/mol. The zero-order chi connectivity index (χ0) is 97.2. The van der Waals surface area contributed by atoms with E-state index in [1.807, 2.05) is 27.7 Å². The van der Waals surface area contributed by atoms with Gasteiger partial charge in [-0.2, -0.15) is 0 Å². The molecular weight excluding hydrogens is 1760 g/mol. The highest BCUT2D eigenvalue weighted by atomic mass is 16.8.